The third kappa shape index (κ3) is 3.74. The maximum absolute atomic E-state index is 11.8. The quantitative estimate of drug-likeness (QED) is 0.766. The van der Waals surface area contributed by atoms with E-state index < -0.39 is 17.5 Å². The molecule has 1 saturated carbocycles. The van der Waals surface area contributed by atoms with Gasteiger partial charge in [-0.05, 0) is 29.9 Å². The van der Waals surface area contributed by atoms with Crippen LogP contribution in [0.1, 0.15) is 70.1 Å². The summed E-state index contributed by atoms with van der Waals surface area (Å²) in [6.07, 6.45) is 3.72. The number of aliphatic carboxylic acids is 1. The van der Waals surface area contributed by atoms with Gasteiger partial charge >= 0.3 is 5.97 Å². The topological polar surface area (TPSA) is 78.8 Å². The van der Waals surface area contributed by atoms with Gasteiger partial charge in [0.15, 0.2) is 0 Å². The second-order valence-corrected chi connectivity index (χ2v) is 8.89. The molecule has 3 N–H and O–H groups in total. The van der Waals surface area contributed by atoms with Crippen LogP contribution in [0.25, 0.3) is 0 Å². The van der Waals surface area contributed by atoms with E-state index in [9.17, 15) is 15.0 Å². The Kier molecular flexibility index (Phi) is 5.31. The number of benzene rings is 1. The molecule has 144 valence electrons. The standard InChI is InChI=1S/C21H31NO4/c1-20(2,3)14-7-8-15-17(11-14)26-12-16(18(15)23)22-13-21(19(24)25)9-5-4-6-10-21/h7-8,11,16,18,22-23H,4-6,9-10,12-13H2,1-3H3,(H,24,25)/t16-,18+/m0/s1. The first-order valence-corrected chi connectivity index (χ1v) is 9.65. The van der Waals surface area contributed by atoms with Crippen LogP contribution in [-0.4, -0.2) is 35.4 Å². The summed E-state index contributed by atoms with van der Waals surface area (Å²) in [7, 11) is 0. The summed E-state index contributed by atoms with van der Waals surface area (Å²) < 4.78 is 5.91. The Balaban J connectivity index is 1.71. The van der Waals surface area contributed by atoms with Gasteiger partial charge in [-0.3, -0.25) is 4.79 Å². The average molecular weight is 361 g/mol. The zero-order chi connectivity index (χ0) is 18.9. The molecule has 0 aromatic heterocycles. The fourth-order valence-electron chi connectivity index (χ4n) is 4.05. The number of hydrogen-bond acceptors (Lipinski definition) is 4. The molecule has 0 radical (unpaired) electrons. The van der Waals surface area contributed by atoms with E-state index in [0.29, 0.717) is 26.0 Å². The molecule has 0 amide bonds. The van der Waals surface area contributed by atoms with Crippen molar-refractivity contribution in [3.8, 4) is 5.75 Å². The molecule has 1 aliphatic carbocycles. The van der Waals surface area contributed by atoms with Crippen molar-refractivity contribution in [2.45, 2.75) is 70.4 Å². The van der Waals surface area contributed by atoms with Crippen molar-refractivity contribution in [2.24, 2.45) is 5.41 Å². The molecule has 0 spiro atoms. The lowest BCUT2D eigenvalue weighted by molar-refractivity contribution is -0.151. The third-order valence-corrected chi connectivity index (χ3v) is 5.96. The molecular weight excluding hydrogens is 330 g/mol. The maximum atomic E-state index is 11.8. The van der Waals surface area contributed by atoms with Crippen LogP contribution in [0, 0.1) is 5.41 Å². The second kappa shape index (κ2) is 7.20. The Labute approximate surface area is 155 Å². The minimum Gasteiger partial charge on any atom is -0.491 e. The Morgan fingerprint density at radius 2 is 1.96 bits per heavy atom. The molecule has 0 saturated heterocycles. The number of fused-ring (bicyclic) bond motifs is 1. The summed E-state index contributed by atoms with van der Waals surface area (Å²) in [5, 5.41) is 23.8. The monoisotopic (exact) mass is 361 g/mol. The van der Waals surface area contributed by atoms with Gasteiger partial charge in [0.25, 0.3) is 0 Å². The summed E-state index contributed by atoms with van der Waals surface area (Å²) in [5.41, 5.74) is 1.25. The lowest BCUT2D eigenvalue weighted by atomic mass is 9.74. The Bertz CT molecular complexity index is 658. The van der Waals surface area contributed by atoms with Crippen molar-refractivity contribution >= 4 is 5.97 Å². The number of rotatable bonds is 4. The molecule has 2 aliphatic rings. The van der Waals surface area contributed by atoms with Crippen LogP contribution in [0.4, 0.5) is 0 Å². The van der Waals surface area contributed by atoms with Crippen LogP contribution < -0.4 is 10.1 Å². The molecule has 1 aromatic carbocycles. The van der Waals surface area contributed by atoms with Gasteiger partial charge in [-0.25, -0.2) is 0 Å². The fourth-order valence-corrected chi connectivity index (χ4v) is 4.05. The third-order valence-electron chi connectivity index (χ3n) is 5.96. The van der Waals surface area contributed by atoms with Crippen molar-refractivity contribution in [1.29, 1.82) is 0 Å². The van der Waals surface area contributed by atoms with E-state index >= 15 is 0 Å². The molecule has 26 heavy (non-hydrogen) atoms. The number of carboxylic acids is 1. The fraction of sp³-hybridized carbons (Fsp3) is 0.667. The largest absolute Gasteiger partial charge is 0.491 e. The van der Waals surface area contributed by atoms with Gasteiger partial charge in [-0.1, -0.05) is 52.2 Å². The molecule has 1 heterocycles. The van der Waals surface area contributed by atoms with Crippen molar-refractivity contribution in [1.82, 2.24) is 5.32 Å². The number of carbonyl (C=O) groups is 1. The first-order valence-electron chi connectivity index (χ1n) is 9.65. The van der Waals surface area contributed by atoms with E-state index in [4.69, 9.17) is 4.74 Å². The first kappa shape index (κ1) is 19.2. The van der Waals surface area contributed by atoms with Crippen LogP contribution in [-0.2, 0) is 10.2 Å². The molecular formula is C21H31NO4. The SMILES string of the molecule is CC(C)(C)c1ccc2c(c1)OC[C@H](NCC1(C(=O)O)CCCCC1)[C@@H]2O. The molecule has 2 atom stereocenters. The minimum atomic E-state index is -0.730. The predicted molar refractivity (Wildman–Crippen MR) is 101 cm³/mol. The summed E-state index contributed by atoms with van der Waals surface area (Å²) >= 11 is 0. The summed E-state index contributed by atoms with van der Waals surface area (Å²) in [6, 6.07) is 5.69. The minimum absolute atomic E-state index is 0.0211. The van der Waals surface area contributed by atoms with E-state index in [1.807, 2.05) is 18.2 Å². The second-order valence-electron chi connectivity index (χ2n) is 8.89. The normalized spacial score (nSPS) is 25.2. The highest BCUT2D eigenvalue weighted by molar-refractivity contribution is 5.75. The number of carboxylic acid groups (broad SMARTS) is 1. The van der Waals surface area contributed by atoms with Gasteiger partial charge in [-0.2, -0.15) is 0 Å². The molecule has 0 bridgehead atoms. The lowest BCUT2D eigenvalue weighted by Gasteiger charge is -2.37. The van der Waals surface area contributed by atoms with Crippen molar-refractivity contribution in [3.05, 3.63) is 29.3 Å². The predicted octanol–water partition coefficient (Wildman–Crippen LogP) is 3.40. The highest BCUT2D eigenvalue weighted by Crippen LogP contribution is 2.38. The zero-order valence-corrected chi connectivity index (χ0v) is 16.0. The highest BCUT2D eigenvalue weighted by atomic mass is 16.5. The van der Waals surface area contributed by atoms with Crippen LogP contribution in [0.2, 0.25) is 0 Å². The Morgan fingerprint density at radius 1 is 1.27 bits per heavy atom. The molecule has 1 fully saturated rings. The van der Waals surface area contributed by atoms with Crippen LogP contribution in [0.3, 0.4) is 0 Å². The number of aliphatic hydroxyl groups is 1. The van der Waals surface area contributed by atoms with E-state index in [1.165, 1.54) is 5.56 Å². The number of nitrogens with one attached hydrogen (secondary N) is 1. The van der Waals surface area contributed by atoms with E-state index in [-0.39, 0.29) is 11.5 Å². The Hall–Kier alpha value is -1.59. The van der Waals surface area contributed by atoms with Gasteiger partial charge in [-0.15, -0.1) is 0 Å². The average Bonchev–Trinajstić information content (AvgIpc) is 2.61. The van der Waals surface area contributed by atoms with E-state index in [1.54, 1.807) is 0 Å². The van der Waals surface area contributed by atoms with Crippen LogP contribution in [0.15, 0.2) is 18.2 Å². The van der Waals surface area contributed by atoms with Crippen LogP contribution in [0.5, 0.6) is 5.75 Å². The molecule has 3 rings (SSSR count). The first-order chi connectivity index (χ1) is 12.2. The Morgan fingerprint density at radius 3 is 2.58 bits per heavy atom. The van der Waals surface area contributed by atoms with Crippen molar-refractivity contribution in [2.75, 3.05) is 13.2 Å². The molecule has 1 aliphatic heterocycles. The summed E-state index contributed by atoms with van der Waals surface area (Å²) in [5.74, 6) is -0.000254. The van der Waals surface area contributed by atoms with Crippen molar-refractivity contribution in [3.63, 3.8) is 0 Å². The summed E-state index contributed by atoms with van der Waals surface area (Å²) in [6.45, 7) is 7.16. The summed E-state index contributed by atoms with van der Waals surface area (Å²) in [4.78, 5) is 11.8. The molecule has 0 unspecified atom stereocenters. The van der Waals surface area contributed by atoms with Crippen molar-refractivity contribution < 1.29 is 19.7 Å². The molecule has 5 nitrogen and oxygen atoms in total. The van der Waals surface area contributed by atoms with Gasteiger partial charge in [0.1, 0.15) is 18.5 Å². The van der Waals surface area contributed by atoms with Gasteiger partial charge in [0.05, 0.1) is 11.5 Å². The number of hydrogen-bond donors (Lipinski definition) is 3. The molecule has 5 heteroatoms. The van der Waals surface area contributed by atoms with E-state index in [2.05, 4.69) is 26.1 Å². The maximum Gasteiger partial charge on any atom is 0.310 e. The number of ether oxygens (including phenoxy) is 1. The molecule has 1 aromatic rings. The van der Waals surface area contributed by atoms with Crippen LogP contribution >= 0.6 is 0 Å². The van der Waals surface area contributed by atoms with Gasteiger partial charge < -0.3 is 20.3 Å². The number of aliphatic hydroxyl groups excluding tert-OH is 1. The lowest BCUT2D eigenvalue weighted by Crippen LogP contribution is -2.50. The van der Waals surface area contributed by atoms with Gasteiger partial charge in [0.2, 0.25) is 0 Å². The smallest absolute Gasteiger partial charge is 0.310 e. The highest BCUT2D eigenvalue weighted by Gasteiger charge is 2.41. The van der Waals surface area contributed by atoms with E-state index in [0.717, 1.165) is 30.6 Å². The van der Waals surface area contributed by atoms with Gasteiger partial charge in [0, 0.05) is 12.1 Å². The zero-order valence-electron chi connectivity index (χ0n) is 16.0.